The molecule has 0 saturated carbocycles. The van der Waals surface area contributed by atoms with Crippen LogP contribution in [0.2, 0.25) is 0 Å². The highest BCUT2D eigenvalue weighted by Gasteiger charge is 2.36. The maximum atomic E-state index is 14.6. The number of hydrogen-bond acceptors (Lipinski definition) is 6. The summed E-state index contributed by atoms with van der Waals surface area (Å²) < 4.78 is 31.3. The van der Waals surface area contributed by atoms with Crippen molar-refractivity contribution < 1.29 is 33.0 Å². The first-order chi connectivity index (χ1) is 18.6. The van der Waals surface area contributed by atoms with Gasteiger partial charge in [0.25, 0.3) is 0 Å². The number of nitrogens with zero attached hydrogens (tertiary/aromatic N) is 1. The quantitative estimate of drug-likeness (QED) is 0.346. The second-order valence-corrected chi connectivity index (χ2v) is 10.6. The van der Waals surface area contributed by atoms with Gasteiger partial charge in [-0.3, -0.25) is 4.79 Å². The lowest BCUT2D eigenvalue weighted by Gasteiger charge is -2.31. The van der Waals surface area contributed by atoms with Crippen molar-refractivity contribution >= 4 is 17.8 Å². The summed E-state index contributed by atoms with van der Waals surface area (Å²) in [4.78, 5) is 40.1. The summed E-state index contributed by atoms with van der Waals surface area (Å²) in [7, 11) is 1.45. The first kappa shape index (κ1) is 30.3. The first-order valence-corrected chi connectivity index (χ1v) is 13.6. The van der Waals surface area contributed by atoms with Crippen LogP contribution in [0, 0.1) is 0 Å². The van der Waals surface area contributed by atoms with Crippen molar-refractivity contribution in [3.8, 4) is 0 Å². The second kappa shape index (κ2) is 14.2. The molecule has 1 saturated heterocycles. The number of carbonyl (C=O) groups is 3. The van der Waals surface area contributed by atoms with Crippen molar-refractivity contribution in [3.05, 3.63) is 71.3 Å². The summed E-state index contributed by atoms with van der Waals surface area (Å²) in [6.07, 6.45) is 0.633. The minimum Gasteiger partial charge on any atom is -0.458 e. The van der Waals surface area contributed by atoms with Gasteiger partial charge in [-0.1, -0.05) is 61.5 Å². The predicted octanol–water partition coefficient (Wildman–Crippen LogP) is 5.15. The van der Waals surface area contributed by atoms with Crippen LogP contribution in [0.4, 0.5) is 4.39 Å². The van der Waals surface area contributed by atoms with E-state index in [1.54, 1.807) is 6.92 Å². The fraction of sp³-hybridized carbons (Fsp3) is 0.516. The van der Waals surface area contributed by atoms with E-state index in [4.69, 9.17) is 14.2 Å². The van der Waals surface area contributed by atoms with E-state index >= 15 is 0 Å². The van der Waals surface area contributed by atoms with Gasteiger partial charge in [-0.15, -0.1) is 0 Å². The standard InChI is InChI=1S/C31H40FNO6/c1-5-28(34)33(4)26(20-31(2,3)32)29(35)39-27(30(36)38-21-23-9-7-6-8-10-23)19-22-11-13-24(14-12-22)25-15-17-37-18-16-25/h6-14,25-27H,5,15-21H2,1-4H3/t26-,27+/m0/s1. The highest BCUT2D eigenvalue weighted by atomic mass is 19.1. The molecule has 1 heterocycles. The number of carbonyl (C=O) groups excluding carboxylic acids is 3. The molecule has 0 N–H and O–H groups in total. The first-order valence-electron chi connectivity index (χ1n) is 13.6. The van der Waals surface area contributed by atoms with Crippen molar-refractivity contribution in [1.82, 2.24) is 4.90 Å². The van der Waals surface area contributed by atoms with Gasteiger partial charge >= 0.3 is 11.9 Å². The van der Waals surface area contributed by atoms with E-state index in [2.05, 4.69) is 0 Å². The molecule has 0 radical (unpaired) electrons. The molecule has 212 valence electrons. The molecule has 1 amide bonds. The van der Waals surface area contributed by atoms with Gasteiger partial charge in [0.2, 0.25) is 12.0 Å². The van der Waals surface area contributed by atoms with Gasteiger partial charge in [0, 0.05) is 39.5 Å². The van der Waals surface area contributed by atoms with Gasteiger partial charge in [-0.25, -0.2) is 14.0 Å². The largest absolute Gasteiger partial charge is 0.458 e. The molecule has 0 aliphatic carbocycles. The second-order valence-electron chi connectivity index (χ2n) is 10.6. The number of benzene rings is 2. The molecular weight excluding hydrogens is 501 g/mol. The van der Waals surface area contributed by atoms with E-state index in [1.807, 2.05) is 54.6 Å². The molecular formula is C31H40FNO6. The Bertz CT molecular complexity index is 1080. The SMILES string of the molecule is CCC(=O)N(C)[C@@H](CC(C)(C)F)C(=O)O[C@H](Cc1ccc(C2CCOCC2)cc1)C(=O)OCc1ccccc1. The normalized spacial score (nSPS) is 15.7. The third-order valence-electron chi connectivity index (χ3n) is 6.95. The smallest absolute Gasteiger partial charge is 0.348 e. The molecule has 3 rings (SSSR count). The van der Waals surface area contributed by atoms with Crippen LogP contribution in [0.5, 0.6) is 0 Å². The number of rotatable bonds is 12. The van der Waals surface area contributed by atoms with Crippen LogP contribution < -0.4 is 0 Å². The van der Waals surface area contributed by atoms with Crippen molar-refractivity contribution in [1.29, 1.82) is 0 Å². The van der Waals surface area contributed by atoms with Crippen molar-refractivity contribution in [2.24, 2.45) is 0 Å². The molecule has 7 nitrogen and oxygen atoms in total. The van der Waals surface area contributed by atoms with E-state index in [0.29, 0.717) is 5.92 Å². The number of halogens is 1. The van der Waals surface area contributed by atoms with E-state index in [1.165, 1.54) is 31.4 Å². The minimum atomic E-state index is -1.74. The van der Waals surface area contributed by atoms with Gasteiger partial charge in [0.15, 0.2) is 0 Å². The zero-order chi connectivity index (χ0) is 28.4. The summed E-state index contributed by atoms with van der Waals surface area (Å²) in [5.74, 6) is -1.45. The molecule has 39 heavy (non-hydrogen) atoms. The van der Waals surface area contributed by atoms with Crippen LogP contribution in [0.25, 0.3) is 0 Å². The Hall–Kier alpha value is -3.26. The van der Waals surface area contributed by atoms with Crippen LogP contribution in [0.1, 0.15) is 69.1 Å². The fourth-order valence-corrected chi connectivity index (χ4v) is 4.65. The zero-order valence-electron chi connectivity index (χ0n) is 23.4. The lowest BCUT2D eigenvalue weighted by Crippen LogP contribution is -2.48. The molecule has 1 aliphatic rings. The molecule has 2 aromatic carbocycles. The minimum absolute atomic E-state index is 0.0194. The molecule has 1 aliphatic heterocycles. The van der Waals surface area contributed by atoms with Gasteiger partial charge < -0.3 is 19.1 Å². The number of esters is 2. The van der Waals surface area contributed by atoms with Crippen LogP contribution in [0.15, 0.2) is 54.6 Å². The lowest BCUT2D eigenvalue weighted by molar-refractivity contribution is -0.173. The number of hydrogen-bond donors (Lipinski definition) is 0. The Kier molecular flexibility index (Phi) is 11.0. The van der Waals surface area contributed by atoms with Crippen molar-refractivity contribution in [2.75, 3.05) is 20.3 Å². The van der Waals surface area contributed by atoms with E-state index in [9.17, 15) is 18.8 Å². The lowest BCUT2D eigenvalue weighted by atomic mass is 9.91. The summed E-state index contributed by atoms with van der Waals surface area (Å²) in [5.41, 5.74) is 1.05. The molecule has 8 heteroatoms. The van der Waals surface area contributed by atoms with Crippen LogP contribution in [0.3, 0.4) is 0 Å². The average Bonchev–Trinajstić information content (AvgIpc) is 2.94. The fourth-order valence-electron chi connectivity index (χ4n) is 4.65. The topological polar surface area (TPSA) is 82.1 Å². The van der Waals surface area contributed by atoms with Gasteiger partial charge in [0.1, 0.15) is 18.3 Å². The Balaban J connectivity index is 1.79. The summed E-state index contributed by atoms with van der Waals surface area (Å²) in [5, 5.41) is 0. The van der Waals surface area contributed by atoms with Crippen LogP contribution in [-0.2, 0) is 41.6 Å². The zero-order valence-corrected chi connectivity index (χ0v) is 23.4. The average molecular weight is 542 g/mol. The molecule has 0 unspecified atom stereocenters. The third kappa shape index (κ3) is 9.46. The van der Waals surface area contributed by atoms with Gasteiger partial charge in [-0.2, -0.15) is 0 Å². The molecule has 2 aromatic rings. The van der Waals surface area contributed by atoms with Crippen LogP contribution >= 0.6 is 0 Å². The third-order valence-corrected chi connectivity index (χ3v) is 6.95. The summed E-state index contributed by atoms with van der Waals surface area (Å²) in [6, 6.07) is 15.9. The Labute approximate surface area is 230 Å². The van der Waals surface area contributed by atoms with Crippen molar-refractivity contribution in [3.63, 3.8) is 0 Å². The van der Waals surface area contributed by atoms with Crippen molar-refractivity contribution in [2.45, 2.75) is 83.2 Å². The van der Waals surface area contributed by atoms with E-state index in [-0.39, 0.29) is 31.8 Å². The maximum Gasteiger partial charge on any atom is 0.348 e. The molecule has 0 aromatic heterocycles. The number of ether oxygens (including phenoxy) is 3. The van der Waals surface area contributed by atoms with Gasteiger partial charge in [-0.05, 0) is 49.3 Å². The predicted molar refractivity (Wildman–Crippen MR) is 146 cm³/mol. The van der Waals surface area contributed by atoms with Crippen LogP contribution in [-0.4, -0.2) is 60.8 Å². The molecule has 0 spiro atoms. The Morgan fingerprint density at radius 1 is 1.00 bits per heavy atom. The highest BCUT2D eigenvalue weighted by molar-refractivity contribution is 5.86. The molecule has 0 bridgehead atoms. The highest BCUT2D eigenvalue weighted by Crippen LogP contribution is 2.27. The summed E-state index contributed by atoms with van der Waals surface area (Å²) in [6.45, 7) is 5.83. The van der Waals surface area contributed by atoms with E-state index < -0.39 is 29.8 Å². The number of amides is 1. The summed E-state index contributed by atoms with van der Waals surface area (Å²) >= 11 is 0. The molecule has 2 atom stereocenters. The number of likely N-dealkylation sites (N-methyl/N-ethyl adjacent to an activating group) is 1. The maximum absolute atomic E-state index is 14.6. The monoisotopic (exact) mass is 541 g/mol. The number of alkyl halides is 1. The Morgan fingerprint density at radius 3 is 2.23 bits per heavy atom. The van der Waals surface area contributed by atoms with Gasteiger partial charge in [0.05, 0.1) is 0 Å². The Morgan fingerprint density at radius 2 is 1.64 bits per heavy atom. The molecule has 1 fully saturated rings. The van der Waals surface area contributed by atoms with E-state index in [0.717, 1.165) is 37.2 Å².